The highest BCUT2D eigenvalue weighted by atomic mass is 32.2. The monoisotopic (exact) mass is 420 g/mol. The summed E-state index contributed by atoms with van der Waals surface area (Å²) >= 11 is 1.24. The molecule has 3 aromatic rings. The molecule has 0 spiro atoms. The van der Waals surface area contributed by atoms with E-state index < -0.39 is 0 Å². The van der Waals surface area contributed by atoms with Crippen molar-refractivity contribution in [2.75, 3.05) is 32.2 Å². The maximum Gasteiger partial charge on any atom is 0.173 e. The van der Waals surface area contributed by atoms with Crippen molar-refractivity contribution in [3.8, 4) is 29.1 Å². The van der Waals surface area contributed by atoms with Gasteiger partial charge >= 0.3 is 0 Å². The van der Waals surface area contributed by atoms with Crippen LogP contribution in [0.4, 0.5) is 0 Å². The van der Waals surface area contributed by atoms with E-state index in [1.165, 1.54) is 11.8 Å². The van der Waals surface area contributed by atoms with Crippen LogP contribution in [0.15, 0.2) is 41.4 Å². The molecule has 0 atom stereocenters. The number of pyridine rings is 1. The third-order valence-electron chi connectivity index (χ3n) is 4.77. The van der Waals surface area contributed by atoms with Gasteiger partial charge in [-0.3, -0.25) is 4.79 Å². The van der Waals surface area contributed by atoms with E-state index in [1.807, 2.05) is 6.07 Å². The lowest BCUT2D eigenvalue weighted by Crippen LogP contribution is -2.16. The van der Waals surface area contributed by atoms with Crippen LogP contribution in [0.2, 0.25) is 0 Å². The molecule has 0 unspecified atom stereocenters. The van der Waals surface area contributed by atoms with Gasteiger partial charge in [-0.25, -0.2) is 4.98 Å². The van der Waals surface area contributed by atoms with Crippen molar-refractivity contribution in [1.29, 1.82) is 5.26 Å². The van der Waals surface area contributed by atoms with Crippen molar-refractivity contribution in [2.24, 2.45) is 0 Å². The van der Waals surface area contributed by atoms with Crippen LogP contribution in [-0.2, 0) is 0 Å². The molecule has 0 bridgehead atoms. The maximum absolute atomic E-state index is 12.7. The van der Waals surface area contributed by atoms with Crippen LogP contribution in [0.25, 0.3) is 10.9 Å². The molecule has 8 heteroatoms. The minimum atomic E-state index is -0.0788. The van der Waals surface area contributed by atoms with E-state index in [1.54, 1.807) is 30.3 Å². The molecule has 2 aliphatic heterocycles. The molecule has 0 saturated heterocycles. The molecule has 0 amide bonds. The van der Waals surface area contributed by atoms with Gasteiger partial charge in [-0.05, 0) is 30.3 Å². The van der Waals surface area contributed by atoms with Gasteiger partial charge in [-0.1, -0.05) is 11.8 Å². The highest BCUT2D eigenvalue weighted by molar-refractivity contribution is 8.00. The number of nitrogens with zero attached hydrogens (tertiary/aromatic N) is 2. The Bertz CT molecular complexity index is 1200. The second-order valence-corrected chi connectivity index (χ2v) is 7.68. The van der Waals surface area contributed by atoms with Gasteiger partial charge in [0, 0.05) is 17.0 Å². The molecule has 0 radical (unpaired) electrons. The first-order valence-corrected chi connectivity index (χ1v) is 10.4. The summed E-state index contributed by atoms with van der Waals surface area (Å²) in [5, 5.41) is 10.9. The standard InChI is InChI=1S/C22H16N2O5S/c23-11-15-7-14-9-20-21(29-6-5-28-20)10-16(14)24-22(15)30-12-17(25)13-1-2-18-19(8-13)27-4-3-26-18/h1-2,7-10H,3-6,12H2. The fourth-order valence-corrected chi connectivity index (χ4v) is 4.17. The molecule has 30 heavy (non-hydrogen) atoms. The van der Waals surface area contributed by atoms with Gasteiger partial charge in [0.15, 0.2) is 28.8 Å². The van der Waals surface area contributed by atoms with E-state index in [9.17, 15) is 10.1 Å². The van der Waals surface area contributed by atoms with Crippen LogP contribution in [0.1, 0.15) is 15.9 Å². The molecule has 2 aliphatic rings. The second kappa shape index (κ2) is 7.76. The van der Waals surface area contributed by atoms with Gasteiger partial charge in [0.25, 0.3) is 0 Å². The van der Waals surface area contributed by atoms with Crippen LogP contribution >= 0.6 is 11.8 Å². The highest BCUT2D eigenvalue weighted by Gasteiger charge is 2.18. The van der Waals surface area contributed by atoms with Crippen LogP contribution in [0, 0.1) is 11.3 Å². The number of ether oxygens (including phenoxy) is 4. The normalized spacial score (nSPS) is 14.2. The molecule has 150 valence electrons. The minimum absolute atomic E-state index is 0.0788. The number of nitriles is 1. The number of carbonyl (C=O) groups is 1. The smallest absolute Gasteiger partial charge is 0.173 e. The van der Waals surface area contributed by atoms with Gasteiger partial charge in [0.1, 0.15) is 37.5 Å². The number of Topliss-reactive ketones (excluding diaryl/α,β-unsaturated/α-hetero) is 1. The number of thioether (sulfide) groups is 1. The average Bonchev–Trinajstić information content (AvgIpc) is 2.80. The zero-order chi connectivity index (χ0) is 20.5. The molecule has 0 fully saturated rings. The van der Waals surface area contributed by atoms with Gasteiger partial charge in [-0.2, -0.15) is 5.26 Å². The Hall–Kier alpha value is -3.44. The zero-order valence-electron chi connectivity index (χ0n) is 15.8. The molecule has 7 nitrogen and oxygen atoms in total. The van der Waals surface area contributed by atoms with Gasteiger partial charge < -0.3 is 18.9 Å². The third kappa shape index (κ3) is 3.48. The summed E-state index contributed by atoms with van der Waals surface area (Å²) < 4.78 is 22.3. The van der Waals surface area contributed by atoms with E-state index in [4.69, 9.17) is 18.9 Å². The predicted molar refractivity (Wildman–Crippen MR) is 110 cm³/mol. The lowest BCUT2D eigenvalue weighted by Gasteiger charge is -2.19. The van der Waals surface area contributed by atoms with Crippen molar-refractivity contribution < 1.29 is 23.7 Å². The summed E-state index contributed by atoms with van der Waals surface area (Å²) in [6, 6.07) is 12.7. The predicted octanol–water partition coefficient (Wildman–Crippen LogP) is 3.62. The van der Waals surface area contributed by atoms with E-state index in [2.05, 4.69) is 11.1 Å². The SMILES string of the molecule is N#Cc1cc2cc3c(cc2nc1SCC(=O)c1ccc2c(c1)OCCO2)OCCO3. The zero-order valence-corrected chi connectivity index (χ0v) is 16.7. The van der Waals surface area contributed by atoms with Crippen molar-refractivity contribution >= 4 is 28.4 Å². The molecule has 3 heterocycles. The minimum Gasteiger partial charge on any atom is -0.486 e. The Morgan fingerprint density at radius 1 is 0.933 bits per heavy atom. The summed E-state index contributed by atoms with van der Waals surface area (Å²) in [7, 11) is 0. The average molecular weight is 420 g/mol. The molecule has 0 N–H and O–H groups in total. The van der Waals surface area contributed by atoms with Crippen LogP contribution in [0.5, 0.6) is 23.0 Å². The van der Waals surface area contributed by atoms with Crippen molar-refractivity contribution in [3.63, 3.8) is 0 Å². The fourth-order valence-electron chi connectivity index (χ4n) is 3.32. The molecular weight excluding hydrogens is 404 g/mol. The van der Waals surface area contributed by atoms with Crippen molar-refractivity contribution in [3.05, 3.63) is 47.5 Å². The third-order valence-corrected chi connectivity index (χ3v) is 5.76. The van der Waals surface area contributed by atoms with Crippen LogP contribution in [0.3, 0.4) is 0 Å². The van der Waals surface area contributed by atoms with Gasteiger partial charge in [-0.15, -0.1) is 0 Å². The number of fused-ring (bicyclic) bond motifs is 3. The summed E-state index contributed by atoms with van der Waals surface area (Å²) in [5.41, 5.74) is 1.64. The Morgan fingerprint density at radius 2 is 1.60 bits per heavy atom. The number of aromatic nitrogens is 1. The molecule has 5 rings (SSSR count). The second-order valence-electron chi connectivity index (χ2n) is 6.71. The number of ketones is 1. The Labute approximate surface area is 176 Å². The summed E-state index contributed by atoms with van der Waals surface area (Å²) in [5.74, 6) is 2.57. The first kappa shape index (κ1) is 18.6. The Kier molecular flexibility index (Phi) is 4.81. The molecule has 0 aliphatic carbocycles. The molecule has 0 saturated carbocycles. The first-order valence-electron chi connectivity index (χ1n) is 9.41. The largest absolute Gasteiger partial charge is 0.486 e. The number of rotatable bonds is 4. The molecular formula is C22H16N2O5S. The van der Waals surface area contributed by atoms with Gasteiger partial charge in [0.2, 0.25) is 0 Å². The van der Waals surface area contributed by atoms with E-state index in [-0.39, 0.29) is 11.5 Å². The van der Waals surface area contributed by atoms with Crippen molar-refractivity contribution in [1.82, 2.24) is 4.98 Å². The first-order chi connectivity index (χ1) is 14.7. The van der Waals surface area contributed by atoms with Gasteiger partial charge in [0.05, 0.1) is 16.8 Å². The van der Waals surface area contributed by atoms with E-state index in [0.717, 1.165) is 5.39 Å². The van der Waals surface area contributed by atoms with Crippen molar-refractivity contribution in [2.45, 2.75) is 5.03 Å². The number of benzene rings is 2. The summed E-state index contributed by atoms with van der Waals surface area (Å²) in [4.78, 5) is 17.3. The lowest BCUT2D eigenvalue weighted by molar-refractivity contribution is 0.102. The molecule has 1 aromatic heterocycles. The summed E-state index contributed by atoms with van der Waals surface area (Å²) in [6.07, 6.45) is 0. The Balaban J connectivity index is 1.39. The number of hydrogen-bond acceptors (Lipinski definition) is 8. The fraction of sp³-hybridized carbons (Fsp3) is 0.227. The quantitative estimate of drug-likeness (QED) is 0.467. The van der Waals surface area contributed by atoms with E-state index >= 15 is 0 Å². The topological polar surface area (TPSA) is 90.7 Å². The maximum atomic E-state index is 12.7. The van der Waals surface area contributed by atoms with Crippen LogP contribution < -0.4 is 18.9 Å². The lowest BCUT2D eigenvalue weighted by atomic mass is 10.1. The Morgan fingerprint density at radius 3 is 2.33 bits per heavy atom. The highest BCUT2D eigenvalue weighted by Crippen LogP contribution is 2.36. The van der Waals surface area contributed by atoms with E-state index in [0.29, 0.717) is 71.1 Å². The number of hydrogen-bond donors (Lipinski definition) is 0. The van der Waals surface area contributed by atoms with Crippen LogP contribution in [-0.4, -0.2) is 42.9 Å². The molecule has 2 aromatic carbocycles. The number of carbonyl (C=O) groups excluding carboxylic acids is 1. The summed E-state index contributed by atoms with van der Waals surface area (Å²) in [6.45, 7) is 1.94.